The van der Waals surface area contributed by atoms with Crippen LogP contribution in [0, 0.1) is 5.82 Å². The van der Waals surface area contributed by atoms with E-state index in [1.807, 2.05) is 30.5 Å². The molecular formula is C21H23FN2O3S. The standard InChI is InChI=1S/C21H23FN2O3S/c1-25-17-9-8-15(20(26-2)21(17)27-3)18-12-24-19(28-18)13-23-11-10-14-6-4-5-7-16(14)22/h4-9,12,23H,10-11,13H2,1-3H3. The summed E-state index contributed by atoms with van der Waals surface area (Å²) in [6.07, 6.45) is 2.46. The lowest BCUT2D eigenvalue weighted by Gasteiger charge is -2.14. The van der Waals surface area contributed by atoms with Gasteiger partial charge in [0.15, 0.2) is 11.5 Å². The van der Waals surface area contributed by atoms with Crippen LogP contribution >= 0.6 is 11.3 Å². The molecule has 0 saturated carbocycles. The monoisotopic (exact) mass is 402 g/mol. The van der Waals surface area contributed by atoms with Gasteiger partial charge in [0.2, 0.25) is 5.75 Å². The summed E-state index contributed by atoms with van der Waals surface area (Å²) in [5.41, 5.74) is 1.61. The summed E-state index contributed by atoms with van der Waals surface area (Å²) in [7, 11) is 4.78. The Bertz CT molecular complexity index is 930. The Kier molecular flexibility index (Phi) is 6.84. The van der Waals surface area contributed by atoms with Crippen LogP contribution < -0.4 is 19.5 Å². The van der Waals surface area contributed by atoms with Crippen LogP contribution in [0.4, 0.5) is 4.39 Å². The van der Waals surface area contributed by atoms with Gasteiger partial charge in [-0.1, -0.05) is 18.2 Å². The van der Waals surface area contributed by atoms with Gasteiger partial charge in [-0.3, -0.25) is 0 Å². The molecule has 0 bridgehead atoms. The third kappa shape index (κ3) is 4.43. The molecule has 0 unspecified atom stereocenters. The normalized spacial score (nSPS) is 10.7. The number of ether oxygens (including phenoxy) is 3. The molecule has 0 aliphatic rings. The van der Waals surface area contributed by atoms with Crippen molar-refractivity contribution in [3.8, 4) is 27.7 Å². The van der Waals surface area contributed by atoms with Crippen molar-refractivity contribution in [2.45, 2.75) is 13.0 Å². The van der Waals surface area contributed by atoms with Crippen molar-refractivity contribution in [1.29, 1.82) is 0 Å². The fraction of sp³-hybridized carbons (Fsp3) is 0.286. The third-order valence-electron chi connectivity index (χ3n) is 4.33. The average Bonchev–Trinajstić information content (AvgIpc) is 3.19. The molecule has 0 amide bonds. The number of rotatable bonds is 9. The maximum Gasteiger partial charge on any atom is 0.203 e. The van der Waals surface area contributed by atoms with E-state index in [0.717, 1.165) is 15.4 Å². The molecule has 28 heavy (non-hydrogen) atoms. The van der Waals surface area contributed by atoms with E-state index in [1.165, 1.54) is 6.07 Å². The van der Waals surface area contributed by atoms with Crippen LogP contribution in [0.25, 0.3) is 10.4 Å². The molecule has 2 aromatic carbocycles. The van der Waals surface area contributed by atoms with Crippen LogP contribution in [0.3, 0.4) is 0 Å². The number of aromatic nitrogens is 1. The first-order valence-corrected chi connectivity index (χ1v) is 9.67. The zero-order chi connectivity index (χ0) is 19.9. The minimum absolute atomic E-state index is 0.165. The maximum absolute atomic E-state index is 13.6. The van der Waals surface area contributed by atoms with E-state index in [1.54, 1.807) is 38.7 Å². The van der Waals surface area contributed by atoms with Crippen molar-refractivity contribution >= 4 is 11.3 Å². The van der Waals surface area contributed by atoms with Crippen LogP contribution in [0.5, 0.6) is 17.2 Å². The van der Waals surface area contributed by atoms with Gasteiger partial charge in [0.25, 0.3) is 0 Å². The van der Waals surface area contributed by atoms with E-state index in [-0.39, 0.29) is 5.82 Å². The smallest absolute Gasteiger partial charge is 0.203 e. The molecule has 1 N–H and O–H groups in total. The van der Waals surface area contributed by atoms with Gasteiger partial charge in [0.1, 0.15) is 10.8 Å². The van der Waals surface area contributed by atoms with Gasteiger partial charge >= 0.3 is 0 Å². The molecule has 0 aliphatic carbocycles. The van der Waals surface area contributed by atoms with Crippen molar-refractivity contribution in [2.75, 3.05) is 27.9 Å². The summed E-state index contributed by atoms with van der Waals surface area (Å²) in [5.74, 6) is 1.62. The molecule has 7 heteroatoms. The van der Waals surface area contributed by atoms with E-state index in [0.29, 0.717) is 42.3 Å². The van der Waals surface area contributed by atoms with Crippen molar-refractivity contribution in [3.63, 3.8) is 0 Å². The van der Waals surface area contributed by atoms with E-state index >= 15 is 0 Å². The largest absolute Gasteiger partial charge is 0.493 e. The summed E-state index contributed by atoms with van der Waals surface area (Å²) >= 11 is 1.57. The van der Waals surface area contributed by atoms with Gasteiger partial charge in [-0.25, -0.2) is 9.37 Å². The molecule has 148 valence electrons. The van der Waals surface area contributed by atoms with E-state index in [9.17, 15) is 4.39 Å². The van der Waals surface area contributed by atoms with Crippen molar-refractivity contribution in [3.05, 3.63) is 59.0 Å². The zero-order valence-electron chi connectivity index (χ0n) is 16.1. The van der Waals surface area contributed by atoms with Gasteiger partial charge in [0, 0.05) is 18.3 Å². The molecule has 0 fully saturated rings. The predicted octanol–water partition coefficient (Wildman–Crippen LogP) is 4.31. The molecular weight excluding hydrogens is 379 g/mol. The number of benzene rings is 2. The minimum atomic E-state index is -0.165. The molecule has 5 nitrogen and oxygen atoms in total. The molecule has 1 aromatic heterocycles. The highest BCUT2D eigenvalue weighted by Gasteiger charge is 2.18. The van der Waals surface area contributed by atoms with Crippen LogP contribution in [0.2, 0.25) is 0 Å². The summed E-state index contributed by atoms with van der Waals surface area (Å²) in [6, 6.07) is 10.6. The molecule has 0 spiro atoms. The molecule has 0 radical (unpaired) electrons. The van der Waals surface area contributed by atoms with E-state index in [4.69, 9.17) is 14.2 Å². The van der Waals surface area contributed by atoms with Gasteiger partial charge in [0.05, 0.1) is 26.2 Å². The molecule has 0 atom stereocenters. The van der Waals surface area contributed by atoms with Crippen molar-refractivity contribution in [2.24, 2.45) is 0 Å². The first kappa shape index (κ1) is 20.1. The fourth-order valence-electron chi connectivity index (χ4n) is 2.93. The number of halogens is 1. The number of nitrogens with one attached hydrogen (secondary N) is 1. The highest BCUT2D eigenvalue weighted by atomic mass is 32.1. The minimum Gasteiger partial charge on any atom is -0.493 e. The van der Waals surface area contributed by atoms with E-state index in [2.05, 4.69) is 10.3 Å². The average molecular weight is 402 g/mol. The molecule has 3 aromatic rings. The van der Waals surface area contributed by atoms with Crippen LogP contribution in [0.15, 0.2) is 42.6 Å². The lowest BCUT2D eigenvalue weighted by molar-refractivity contribution is 0.325. The molecule has 0 saturated heterocycles. The quantitative estimate of drug-likeness (QED) is 0.541. The molecule has 0 aliphatic heterocycles. The zero-order valence-corrected chi connectivity index (χ0v) is 16.9. The predicted molar refractivity (Wildman–Crippen MR) is 109 cm³/mol. The molecule has 3 rings (SSSR count). The van der Waals surface area contributed by atoms with Gasteiger partial charge in [-0.05, 0) is 36.7 Å². The summed E-state index contributed by atoms with van der Waals surface area (Å²) in [6.45, 7) is 1.30. The Morgan fingerprint density at radius 1 is 1.00 bits per heavy atom. The summed E-state index contributed by atoms with van der Waals surface area (Å²) < 4.78 is 30.0. The number of methoxy groups -OCH3 is 3. The van der Waals surface area contributed by atoms with Gasteiger partial charge < -0.3 is 19.5 Å². The maximum atomic E-state index is 13.6. The third-order valence-corrected chi connectivity index (χ3v) is 5.36. The first-order chi connectivity index (χ1) is 13.7. The summed E-state index contributed by atoms with van der Waals surface area (Å²) in [4.78, 5) is 5.46. The van der Waals surface area contributed by atoms with Crippen molar-refractivity contribution in [1.82, 2.24) is 10.3 Å². The Labute approximate surface area is 168 Å². The van der Waals surface area contributed by atoms with Crippen LogP contribution in [0.1, 0.15) is 10.6 Å². The van der Waals surface area contributed by atoms with Crippen molar-refractivity contribution < 1.29 is 18.6 Å². The second-order valence-corrected chi connectivity index (χ2v) is 7.13. The second-order valence-electron chi connectivity index (χ2n) is 6.02. The molecule has 1 heterocycles. The number of thiazole rings is 1. The van der Waals surface area contributed by atoms with Gasteiger partial charge in [-0.2, -0.15) is 0 Å². The number of hydrogen-bond acceptors (Lipinski definition) is 6. The highest BCUT2D eigenvalue weighted by Crippen LogP contribution is 2.45. The Balaban J connectivity index is 1.66. The summed E-state index contributed by atoms with van der Waals surface area (Å²) in [5, 5.41) is 4.26. The second kappa shape index (κ2) is 9.52. The Hall–Kier alpha value is -2.64. The van der Waals surface area contributed by atoms with Gasteiger partial charge in [-0.15, -0.1) is 11.3 Å². The van der Waals surface area contributed by atoms with E-state index < -0.39 is 0 Å². The van der Waals surface area contributed by atoms with Crippen LogP contribution in [-0.4, -0.2) is 32.9 Å². The SMILES string of the molecule is COc1ccc(-c2cnc(CNCCc3ccccc3F)s2)c(OC)c1OC. The van der Waals surface area contributed by atoms with Crippen LogP contribution in [-0.2, 0) is 13.0 Å². The highest BCUT2D eigenvalue weighted by molar-refractivity contribution is 7.15. The Morgan fingerprint density at radius 2 is 1.79 bits per heavy atom. The Morgan fingerprint density at radius 3 is 2.50 bits per heavy atom. The first-order valence-electron chi connectivity index (χ1n) is 8.86. The number of hydrogen-bond donors (Lipinski definition) is 1. The lowest BCUT2D eigenvalue weighted by atomic mass is 10.1. The fourth-order valence-corrected chi connectivity index (χ4v) is 3.84. The number of nitrogens with zero attached hydrogens (tertiary/aromatic N) is 1. The lowest BCUT2D eigenvalue weighted by Crippen LogP contribution is -2.16. The topological polar surface area (TPSA) is 52.6 Å².